The molecule has 2 rings (SSSR count). The van der Waals surface area contributed by atoms with Crippen LogP contribution in [-0.4, -0.2) is 53.6 Å². The number of ether oxygens (including phenoxy) is 1. The van der Waals surface area contributed by atoms with Crippen LogP contribution < -0.4 is 0 Å². The smallest absolute Gasteiger partial charge is 0.410 e. The Kier molecular flexibility index (Phi) is 6.32. The van der Waals surface area contributed by atoms with Crippen molar-refractivity contribution in [1.29, 1.82) is 0 Å². The summed E-state index contributed by atoms with van der Waals surface area (Å²) < 4.78 is 19.8. The molecule has 1 heterocycles. The fourth-order valence-electron chi connectivity index (χ4n) is 2.92. The number of rotatable bonds is 2. The molecule has 26 heavy (non-hydrogen) atoms. The third-order valence-corrected chi connectivity index (χ3v) is 5.12. The molecule has 0 aliphatic carbocycles. The topological polar surface area (TPSA) is 49.9 Å². The van der Waals surface area contributed by atoms with Crippen molar-refractivity contribution in [2.24, 2.45) is 0 Å². The molecule has 0 N–H and O–H groups in total. The predicted molar refractivity (Wildman–Crippen MR) is 102 cm³/mol. The van der Waals surface area contributed by atoms with Crippen LogP contribution in [0.5, 0.6) is 0 Å². The van der Waals surface area contributed by atoms with Gasteiger partial charge in [0.25, 0.3) is 5.91 Å². The van der Waals surface area contributed by atoms with Crippen LogP contribution in [-0.2, 0) is 4.74 Å². The summed E-state index contributed by atoms with van der Waals surface area (Å²) in [5.74, 6) is -0.592. The van der Waals surface area contributed by atoms with Crippen molar-refractivity contribution in [3.05, 3.63) is 33.5 Å². The van der Waals surface area contributed by atoms with Gasteiger partial charge in [-0.05, 0) is 74.2 Å². The number of piperidine rings is 1. The van der Waals surface area contributed by atoms with Gasteiger partial charge in [0.2, 0.25) is 0 Å². The van der Waals surface area contributed by atoms with E-state index in [1.54, 1.807) is 29.8 Å². The van der Waals surface area contributed by atoms with Gasteiger partial charge in [-0.1, -0.05) is 0 Å². The Morgan fingerprint density at radius 1 is 1.27 bits per heavy atom. The molecule has 0 unspecified atom stereocenters. The van der Waals surface area contributed by atoms with Gasteiger partial charge in [0, 0.05) is 30.7 Å². The number of aryl methyl sites for hydroxylation is 1. The summed E-state index contributed by atoms with van der Waals surface area (Å²) >= 11 is 3.35. The minimum absolute atomic E-state index is 0.0205. The maximum absolute atomic E-state index is 13.8. The molecule has 1 aromatic carbocycles. The van der Waals surface area contributed by atoms with Gasteiger partial charge in [0.05, 0.1) is 5.56 Å². The minimum atomic E-state index is -0.538. The number of benzene rings is 1. The van der Waals surface area contributed by atoms with E-state index >= 15 is 0 Å². The molecule has 1 aliphatic rings. The van der Waals surface area contributed by atoms with Gasteiger partial charge < -0.3 is 14.5 Å². The van der Waals surface area contributed by atoms with E-state index < -0.39 is 11.4 Å². The average Bonchev–Trinajstić information content (AvgIpc) is 2.55. The Labute approximate surface area is 162 Å². The minimum Gasteiger partial charge on any atom is -0.444 e. The summed E-state index contributed by atoms with van der Waals surface area (Å²) in [5, 5.41) is 0. The fourth-order valence-corrected chi connectivity index (χ4v) is 3.55. The Morgan fingerprint density at radius 3 is 2.38 bits per heavy atom. The zero-order chi connectivity index (χ0) is 19.6. The molecule has 0 radical (unpaired) electrons. The van der Waals surface area contributed by atoms with Gasteiger partial charge in [0.15, 0.2) is 0 Å². The van der Waals surface area contributed by atoms with E-state index in [9.17, 15) is 14.0 Å². The van der Waals surface area contributed by atoms with E-state index in [1.165, 1.54) is 6.07 Å². The number of hydrogen-bond donors (Lipinski definition) is 0. The maximum Gasteiger partial charge on any atom is 0.410 e. The highest BCUT2D eigenvalue weighted by Gasteiger charge is 2.30. The van der Waals surface area contributed by atoms with Crippen LogP contribution >= 0.6 is 15.9 Å². The highest BCUT2D eigenvalue weighted by Crippen LogP contribution is 2.25. The molecule has 0 atom stereocenters. The van der Waals surface area contributed by atoms with Crippen LogP contribution in [0.25, 0.3) is 0 Å². The van der Waals surface area contributed by atoms with Crippen LogP contribution in [0.2, 0.25) is 0 Å². The number of halogens is 2. The van der Waals surface area contributed by atoms with Crippen molar-refractivity contribution < 1.29 is 18.7 Å². The number of likely N-dealkylation sites (tertiary alicyclic amines) is 1. The molecule has 0 spiro atoms. The largest absolute Gasteiger partial charge is 0.444 e. The molecule has 7 heteroatoms. The molecule has 1 aromatic rings. The molecule has 0 bridgehead atoms. The molecule has 144 valence electrons. The standard InChI is InChI=1S/C19H26BrFN2O3/c1-12-10-15(20)14(11-16(12)21)17(24)23-8-6-13(7-9-23)22(5)18(25)26-19(2,3)4/h10-11,13H,6-9H2,1-5H3. The molecule has 1 saturated heterocycles. The zero-order valence-corrected chi connectivity index (χ0v) is 17.5. The van der Waals surface area contributed by atoms with E-state index in [0.717, 1.165) is 0 Å². The third kappa shape index (κ3) is 4.96. The van der Waals surface area contributed by atoms with E-state index in [2.05, 4.69) is 15.9 Å². The SMILES string of the molecule is Cc1cc(Br)c(C(=O)N2CCC(N(C)C(=O)OC(C)(C)C)CC2)cc1F. The fraction of sp³-hybridized carbons (Fsp3) is 0.579. The van der Waals surface area contributed by atoms with Crippen molar-refractivity contribution in [2.75, 3.05) is 20.1 Å². The van der Waals surface area contributed by atoms with Crippen molar-refractivity contribution in [2.45, 2.75) is 52.2 Å². The number of carbonyl (C=O) groups is 2. The summed E-state index contributed by atoms with van der Waals surface area (Å²) in [5.41, 5.74) is 0.280. The van der Waals surface area contributed by atoms with Gasteiger partial charge in [0.1, 0.15) is 11.4 Å². The van der Waals surface area contributed by atoms with E-state index in [4.69, 9.17) is 4.74 Å². The maximum atomic E-state index is 13.8. The summed E-state index contributed by atoms with van der Waals surface area (Å²) in [6.45, 7) is 8.18. The van der Waals surface area contributed by atoms with Gasteiger partial charge in [-0.3, -0.25) is 4.79 Å². The molecular weight excluding hydrogens is 403 g/mol. The Morgan fingerprint density at radius 2 is 1.85 bits per heavy atom. The van der Waals surface area contributed by atoms with Crippen LogP contribution in [0, 0.1) is 12.7 Å². The van der Waals surface area contributed by atoms with Crippen LogP contribution in [0.4, 0.5) is 9.18 Å². The molecular formula is C19H26BrFN2O3. The van der Waals surface area contributed by atoms with Crippen molar-refractivity contribution in [3.8, 4) is 0 Å². The first-order valence-electron chi connectivity index (χ1n) is 8.70. The predicted octanol–water partition coefficient (Wildman–Crippen LogP) is 4.37. The van der Waals surface area contributed by atoms with Gasteiger partial charge >= 0.3 is 6.09 Å². The van der Waals surface area contributed by atoms with E-state index in [1.807, 2.05) is 20.8 Å². The van der Waals surface area contributed by atoms with Gasteiger partial charge in [-0.25, -0.2) is 9.18 Å². The highest BCUT2D eigenvalue weighted by molar-refractivity contribution is 9.10. The lowest BCUT2D eigenvalue weighted by molar-refractivity contribution is 0.0155. The molecule has 1 aliphatic heterocycles. The molecule has 1 fully saturated rings. The lowest BCUT2D eigenvalue weighted by Crippen LogP contribution is -2.48. The number of nitrogens with zero attached hydrogens (tertiary/aromatic N) is 2. The van der Waals surface area contributed by atoms with Crippen molar-refractivity contribution in [1.82, 2.24) is 9.80 Å². The van der Waals surface area contributed by atoms with Gasteiger partial charge in [-0.15, -0.1) is 0 Å². The van der Waals surface area contributed by atoms with Gasteiger partial charge in [-0.2, -0.15) is 0 Å². The Bertz CT molecular complexity index is 695. The lowest BCUT2D eigenvalue weighted by atomic mass is 10.0. The number of hydrogen-bond acceptors (Lipinski definition) is 3. The number of carbonyl (C=O) groups excluding carboxylic acids is 2. The average molecular weight is 429 g/mol. The van der Waals surface area contributed by atoms with Crippen LogP contribution in [0.3, 0.4) is 0 Å². The highest BCUT2D eigenvalue weighted by atomic mass is 79.9. The third-order valence-electron chi connectivity index (χ3n) is 4.46. The molecule has 5 nitrogen and oxygen atoms in total. The van der Waals surface area contributed by atoms with Crippen molar-refractivity contribution >= 4 is 27.9 Å². The monoisotopic (exact) mass is 428 g/mol. The lowest BCUT2D eigenvalue weighted by Gasteiger charge is -2.37. The Hall–Kier alpha value is -1.63. The second-order valence-electron chi connectivity index (χ2n) is 7.70. The van der Waals surface area contributed by atoms with E-state index in [-0.39, 0.29) is 18.0 Å². The Balaban J connectivity index is 1.99. The first-order valence-corrected chi connectivity index (χ1v) is 9.49. The van der Waals surface area contributed by atoms with Crippen LogP contribution in [0.1, 0.15) is 49.5 Å². The summed E-state index contributed by atoms with van der Waals surface area (Å²) in [6.07, 6.45) is 0.964. The normalized spacial score (nSPS) is 15.7. The quantitative estimate of drug-likeness (QED) is 0.702. The second kappa shape index (κ2) is 7.94. The summed E-state index contributed by atoms with van der Waals surface area (Å²) in [7, 11) is 1.72. The summed E-state index contributed by atoms with van der Waals surface area (Å²) in [4.78, 5) is 28.2. The second-order valence-corrected chi connectivity index (χ2v) is 8.55. The van der Waals surface area contributed by atoms with E-state index in [0.29, 0.717) is 41.5 Å². The molecule has 0 aromatic heterocycles. The first-order chi connectivity index (χ1) is 12.0. The first kappa shape index (κ1) is 20.7. The summed E-state index contributed by atoms with van der Waals surface area (Å²) in [6, 6.07) is 2.92. The van der Waals surface area contributed by atoms with Crippen LogP contribution in [0.15, 0.2) is 16.6 Å². The van der Waals surface area contributed by atoms with Crippen molar-refractivity contribution in [3.63, 3.8) is 0 Å². The molecule has 2 amide bonds. The molecule has 0 saturated carbocycles. The number of amides is 2. The zero-order valence-electron chi connectivity index (χ0n) is 15.9.